The van der Waals surface area contributed by atoms with E-state index in [1.54, 1.807) is 12.1 Å². The number of nitrogen functional groups attached to an aromatic ring is 1. The summed E-state index contributed by atoms with van der Waals surface area (Å²) >= 11 is 0. The molecule has 4 nitrogen and oxygen atoms in total. The molecule has 1 amide bonds. The van der Waals surface area contributed by atoms with E-state index in [0.717, 1.165) is 5.56 Å². The van der Waals surface area contributed by atoms with E-state index in [1.165, 1.54) is 30.3 Å². The van der Waals surface area contributed by atoms with Gasteiger partial charge in [0.15, 0.2) is 0 Å². The molecule has 0 radical (unpaired) electrons. The molecule has 0 spiro atoms. The molecule has 98 valence electrons. The van der Waals surface area contributed by atoms with Crippen LogP contribution in [0.3, 0.4) is 0 Å². The summed E-state index contributed by atoms with van der Waals surface area (Å²) in [5.41, 5.74) is 6.77. The Bertz CT molecular complexity index is 597. The van der Waals surface area contributed by atoms with Crippen molar-refractivity contribution < 1.29 is 14.3 Å². The molecule has 19 heavy (non-hydrogen) atoms. The fourth-order valence-corrected chi connectivity index (χ4v) is 1.57. The molecule has 0 aromatic heterocycles. The first-order valence-corrected chi connectivity index (χ1v) is 5.67. The SMILES string of the molecule is Nc1ccc(C(=O)NCc2ccc(F)cc2)cc1O. The molecule has 2 rings (SSSR count). The van der Waals surface area contributed by atoms with E-state index in [9.17, 15) is 14.3 Å². The van der Waals surface area contributed by atoms with Crippen molar-refractivity contribution in [3.05, 3.63) is 59.4 Å². The number of nitrogens with one attached hydrogen (secondary N) is 1. The predicted octanol–water partition coefficient (Wildman–Crippen LogP) is 2.04. The third kappa shape index (κ3) is 3.22. The Kier molecular flexibility index (Phi) is 3.66. The maximum atomic E-state index is 12.7. The van der Waals surface area contributed by atoms with E-state index in [0.29, 0.717) is 5.56 Å². The van der Waals surface area contributed by atoms with Crippen LogP contribution in [0, 0.1) is 5.82 Å². The van der Waals surface area contributed by atoms with Crippen molar-refractivity contribution in [1.29, 1.82) is 0 Å². The minimum absolute atomic E-state index is 0.130. The van der Waals surface area contributed by atoms with Gasteiger partial charge in [-0.25, -0.2) is 4.39 Å². The van der Waals surface area contributed by atoms with E-state index in [1.807, 2.05) is 0 Å². The summed E-state index contributed by atoms with van der Waals surface area (Å²) in [5.74, 6) is -0.785. The van der Waals surface area contributed by atoms with E-state index in [4.69, 9.17) is 5.73 Å². The van der Waals surface area contributed by atoms with E-state index in [-0.39, 0.29) is 29.7 Å². The average molecular weight is 260 g/mol. The number of halogens is 1. The Labute approximate surface area is 109 Å². The minimum Gasteiger partial charge on any atom is -0.506 e. The molecule has 0 atom stereocenters. The highest BCUT2D eigenvalue weighted by Gasteiger charge is 2.07. The Morgan fingerprint density at radius 3 is 2.53 bits per heavy atom. The van der Waals surface area contributed by atoms with Gasteiger partial charge in [-0.15, -0.1) is 0 Å². The molecule has 0 aliphatic rings. The lowest BCUT2D eigenvalue weighted by Crippen LogP contribution is -2.22. The van der Waals surface area contributed by atoms with Gasteiger partial charge >= 0.3 is 0 Å². The normalized spacial score (nSPS) is 10.2. The molecular weight excluding hydrogens is 247 g/mol. The van der Waals surface area contributed by atoms with Crippen molar-refractivity contribution in [2.75, 3.05) is 5.73 Å². The topological polar surface area (TPSA) is 75.4 Å². The monoisotopic (exact) mass is 260 g/mol. The van der Waals surface area contributed by atoms with Gasteiger partial charge in [-0.3, -0.25) is 4.79 Å². The summed E-state index contributed by atoms with van der Waals surface area (Å²) in [6.45, 7) is 0.282. The molecule has 0 saturated heterocycles. The number of anilines is 1. The lowest BCUT2D eigenvalue weighted by molar-refractivity contribution is 0.0950. The minimum atomic E-state index is -0.334. The van der Waals surface area contributed by atoms with E-state index in [2.05, 4.69) is 5.32 Å². The number of carbonyl (C=O) groups excluding carboxylic acids is 1. The summed E-state index contributed by atoms with van der Waals surface area (Å²) in [6, 6.07) is 10.1. The molecule has 0 unspecified atom stereocenters. The van der Waals surface area contributed by atoms with Crippen molar-refractivity contribution in [1.82, 2.24) is 5.32 Å². The van der Waals surface area contributed by atoms with Crippen LogP contribution >= 0.6 is 0 Å². The number of amides is 1. The smallest absolute Gasteiger partial charge is 0.251 e. The summed E-state index contributed by atoms with van der Waals surface area (Å²) < 4.78 is 12.7. The van der Waals surface area contributed by atoms with Gasteiger partial charge in [0, 0.05) is 12.1 Å². The van der Waals surface area contributed by atoms with Crippen LogP contribution in [-0.4, -0.2) is 11.0 Å². The van der Waals surface area contributed by atoms with Crippen LogP contribution in [0.2, 0.25) is 0 Å². The van der Waals surface area contributed by atoms with Crippen LogP contribution < -0.4 is 11.1 Å². The van der Waals surface area contributed by atoms with Crippen LogP contribution in [0.1, 0.15) is 15.9 Å². The van der Waals surface area contributed by atoms with Gasteiger partial charge in [0.05, 0.1) is 5.69 Å². The lowest BCUT2D eigenvalue weighted by Gasteiger charge is -2.06. The highest BCUT2D eigenvalue weighted by atomic mass is 19.1. The van der Waals surface area contributed by atoms with E-state index >= 15 is 0 Å². The number of aromatic hydroxyl groups is 1. The van der Waals surface area contributed by atoms with Crippen LogP contribution in [-0.2, 0) is 6.54 Å². The molecule has 2 aromatic carbocycles. The van der Waals surface area contributed by atoms with E-state index < -0.39 is 0 Å². The largest absolute Gasteiger partial charge is 0.506 e. The molecule has 2 aromatic rings. The Hall–Kier alpha value is -2.56. The molecule has 0 fully saturated rings. The van der Waals surface area contributed by atoms with Crippen LogP contribution in [0.15, 0.2) is 42.5 Å². The zero-order valence-corrected chi connectivity index (χ0v) is 10.1. The van der Waals surface area contributed by atoms with Gasteiger partial charge < -0.3 is 16.2 Å². The molecule has 5 heteroatoms. The Balaban J connectivity index is 2.01. The average Bonchev–Trinajstić information content (AvgIpc) is 2.41. The Morgan fingerprint density at radius 1 is 1.21 bits per heavy atom. The first-order valence-electron chi connectivity index (χ1n) is 5.67. The Morgan fingerprint density at radius 2 is 1.89 bits per heavy atom. The maximum Gasteiger partial charge on any atom is 0.251 e. The second-order valence-corrected chi connectivity index (χ2v) is 4.08. The van der Waals surface area contributed by atoms with Gasteiger partial charge in [0.25, 0.3) is 5.91 Å². The fraction of sp³-hybridized carbons (Fsp3) is 0.0714. The molecule has 0 aliphatic heterocycles. The number of phenolic OH excluding ortho intramolecular Hbond substituents is 1. The quantitative estimate of drug-likeness (QED) is 0.584. The molecule has 0 heterocycles. The van der Waals surface area contributed by atoms with Crippen LogP contribution in [0.4, 0.5) is 10.1 Å². The van der Waals surface area contributed by atoms with Crippen molar-refractivity contribution in [3.63, 3.8) is 0 Å². The number of rotatable bonds is 3. The van der Waals surface area contributed by atoms with Gasteiger partial charge in [0.2, 0.25) is 0 Å². The predicted molar refractivity (Wildman–Crippen MR) is 70.1 cm³/mol. The third-order valence-electron chi connectivity index (χ3n) is 2.66. The molecule has 0 bridgehead atoms. The summed E-state index contributed by atoms with van der Waals surface area (Å²) in [4.78, 5) is 11.8. The van der Waals surface area contributed by atoms with Gasteiger partial charge in [-0.1, -0.05) is 12.1 Å². The second-order valence-electron chi connectivity index (χ2n) is 4.08. The third-order valence-corrected chi connectivity index (χ3v) is 2.66. The number of hydrogen-bond donors (Lipinski definition) is 3. The number of hydrogen-bond acceptors (Lipinski definition) is 3. The van der Waals surface area contributed by atoms with Crippen molar-refractivity contribution in [2.24, 2.45) is 0 Å². The van der Waals surface area contributed by atoms with Gasteiger partial charge in [-0.05, 0) is 35.9 Å². The molecular formula is C14H13FN2O2. The zero-order valence-electron chi connectivity index (χ0n) is 10.1. The first-order chi connectivity index (χ1) is 9.06. The lowest BCUT2D eigenvalue weighted by atomic mass is 10.1. The molecule has 0 aliphatic carbocycles. The van der Waals surface area contributed by atoms with Crippen LogP contribution in [0.25, 0.3) is 0 Å². The summed E-state index contributed by atoms with van der Waals surface area (Å²) in [6.07, 6.45) is 0. The number of phenols is 1. The number of benzene rings is 2. The van der Waals surface area contributed by atoms with Gasteiger partial charge in [-0.2, -0.15) is 0 Å². The highest BCUT2D eigenvalue weighted by molar-refractivity contribution is 5.95. The van der Waals surface area contributed by atoms with Crippen molar-refractivity contribution in [3.8, 4) is 5.75 Å². The zero-order chi connectivity index (χ0) is 13.8. The van der Waals surface area contributed by atoms with Crippen molar-refractivity contribution >= 4 is 11.6 Å². The van der Waals surface area contributed by atoms with Gasteiger partial charge in [0.1, 0.15) is 11.6 Å². The fourth-order valence-electron chi connectivity index (χ4n) is 1.57. The summed E-state index contributed by atoms with van der Waals surface area (Å²) in [7, 11) is 0. The summed E-state index contributed by atoms with van der Waals surface area (Å²) in [5, 5.41) is 12.1. The highest BCUT2D eigenvalue weighted by Crippen LogP contribution is 2.20. The molecule has 4 N–H and O–H groups in total. The standard InChI is InChI=1S/C14H13FN2O2/c15-11-4-1-9(2-5-11)8-17-14(19)10-3-6-12(16)13(18)7-10/h1-7,18H,8,16H2,(H,17,19). The van der Waals surface area contributed by atoms with Crippen molar-refractivity contribution in [2.45, 2.75) is 6.54 Å². The number of carbonyl (C=O) groups is 1. The maximum absolute atomic E-state index is 12.7. The number of nitrogens with two attached hydrogens (primary N) is 1. The molecule has 0 saturated carbocycles. The first kappa shape index (κ1) is 12.9. The van der Waals surface area contributed by atoms with Crippen LogP contribution in [0.5, 0.6) is 5.75 Å². The second kappa shape index (κ2) is 5.39.